The number of halogens is 1. The van der Waals surface area contributed by atoms with Crippen LogP contribution in [-0.2, 0) is 6.54 Å². The number of rotatable bonds is 4. The Balaban J connectivity index is 2.03. The van der Waals surface area contributed by atoms with Gasteiger partial charge in [-0.3, -0.25) is 9.36 Å². The van der Waals surface area contributed by atoms with E-state index in [-0.39, 0.29) is 5.56 Å². The molecule has 0 amide bonds. The van der Waals surface area contributed by atoms with Gasteiger partial charge in [-0.25, -0.2) is 4.98 Å². The quantitative estimate of drug-likeness (QED) is 0.843. The third-order valence-electron chi connectivity index (χ3n) is 2.97. The van der Waals surface area contributed by atoms with Gasteiger partial charge in [-0.15, -0.1) is 0 Å². The predicted octanol–water partition coefficient (Wildman–Crippen LogP) is 2.58. The van der Waals surface area contributed by atoms with Crippen molar-refractivity contribution in [3.63, 3.8) is 0 Å². The number of aromatic nitrogens is 2. The van der Waals surface area contributed by atoms with Gasteiger partial charge in [0, 0.05) is 18.8 Å². The minimum atomic E-state index is 0.0275. The summed E-state index contributed by atoms with van der Waals surface area (Å²) in [6.07, 6.45) is 1.61. The van der Waals surface area contributed by atoms with Gasteiger partial charge in [-0.2, -0.15) is 0 Å². The highest BCUT2D eigenvalue weighted by molar-refractivity contribution is 14.1. The highest BCUT2D eigenvalue weighted by atomic mass is 127. The molecular weight excluding hydrogens is 353 g/mol. The number of benzene rings is 1. The van der Waals surface area contributed by atoms with Crippen LogP contribution in [0, 0.1) is 17.4 Å². The Morgan fingerprint density at radius 2 is 2.05 bits per heavy atom. The van der Waals surface area contributed by atoms with Crippen LogP contribution < -0.4 is 10.9 Å². The molecule has 0 fully saturated rings. The van der Waals surface area contributed by atoms with E-state index in [0.717, 1.165) is 11.4 Å². The summed E-state index contributed by atoms with van der Waals surface area (Å²) in [4.78, 5) is 16.2. The molecule has 2 aromatic rings. The second kappa shape index (κ2) is 6.18. The standard InChI is InChI=1S/C14H16IN3O/c1-10-5-3-4-6-12(10)16-7-8-18-9-17-11(2)13(15)14(18)19/h3-6,9,16H,7-8H2,1-2H3. The van der Waals surface area contributed by atoms with Crippen LogP contribution >= 0.6 is 22.6 Å². The highest BCUT2D eigenvalue weighted by Gasteiger charge is 2.04. The Kier molecular flexibility index (Phi) is 4.57. The summed E-state index contributed by atoms with van der Waals surface area (Å²) in [5, 5.41) is 3.33. The highest BCUT2D eigenvalue weighted by Crippen LogP contribution is 2.12. The van der Waals surface area contributed by atoms with Crippen molar-refractivity contribution >= 4 is 28.3 Å². The maximum absolute atomic E-state index is 12.0. The maximum atomic E-state index is 12.0. The Labute approximate surface area is 126 Å². The van der Waals surface area contributed by atoms with Gasteiger partial charge in [0.1, 0.15) is 0 Å². The summed E-state index contributed by atoms with van der Waals surface area (Å²) < 4.78 is 2.33. The second-order valence-electron chi connectivity index (χ2n) is 4.38. The molecule has 100 valence electrons. The van der Waals surface area contributed by atoms with E-state index in [1.54, 1.807) is 10.9 Å². The van der Waals surface area contributed by atoms with Crippen molar-refractivity contribution in [2.75, 3.05) is 11.9 Å². The van der Waals surface area contributed by atoms with Gasteiger partial charge >= 0.3 is 0 Å². The van der Waals surface area contributed by atoms with E-state index in [4.69, 9.17) is 0 Å². The number of para-hydroxylation sites is 1. The maximum Gasteiger partial charge on any atom is 0.267 e. The van der Waals surface area contributed by atoms with E-state index in [0.29, 0.717) is 16.7 Å². The van der Waals surface area contributed by atoms with Crippen LogP contribution in [-0.4, -0.2) is 16.1 Å². The second-order valence-corrected chi connectivity index (χ2v) is 5.46. The van der Waals surface area contributed by atoms with E-state index in [2.05, 4.69) is 23.3 Å². The molecule has 0 aliphatic heterocycles. The predicted molar refractivity (Wildman–Crippen MR) is 85.6 cm³/mol. The number of nitrogens with one attached hydrogen (secondary N) is 1. The molecule has 0 spiro atoms. The summed E-state index contributed by atoms with van der Waals surface area (Å²) in [5.74, 6) is 0. The first-order chi connectivity index (χ1) is 9.09. The van der Waals surface area contributed by atoms with Crippen LogP contribution in [0.4, 0.5) is 5.69 Å². The molecule has 1 heterocycles. The zero-order valence-corrected chi connectivity index (χ0v) is 13.1. The lowest BCUT2D eigenvalue weighted by Crippen LogP contribution is -2.27. The fourth-order valence-electron chi connectivity index (χ4n) is 1.79. The molecule has 0 unspecified atom stereocenters. The number of nitrogens with zero attached hydrogens (tertiary/aromatic N) is 2. The lowest BCUT2D eigenvalue weighted by molar-refractivity contribution is 0.671. The third kappa shape index (κ3) is 3.34. The van der Waals surface area contributed by atoms with Crippen molar-refractivity contribution in [3.05, 3.63) is 55.8 Å². The van der Waals surface area contributed by atoms with Gasteiger partial charge < -0.3 is 5.32 Å². The summed E-state index contributed by atoms with van der Waals surface area (Å²) in [6, 6.07) is 8.11. The Hall–Kier alpha value is -1.37. The summed E-state index contributed by atoms with van der Waals surface area (Å²) in [7, 11) is 0. The molecule has 0 radical (unpaired) electrons. The van der Waals surface area contributed by atoms with Crippen LogP contribution in [0.15, 0.2) is 35.4 Å². The molecule has 0 aliphatic carbocycles. The fraction of sp³-hybridized carbons (Fsp3) is 0.286. The van der Waals surface area contributed by atoms with Crippen molar-refractivity contribution in [1.82, 2.24) is 9.55 Å². The molecule has 1 aromatic heterocycles. The van der Waals surface area contributed by atoms with E-state index >= 15 is 0 Å². The minimum Gasteiger partial charge on any atom is -0.383 e. The molecule has 0 saturated heterocycles. The van der Waals surface area contributed by atoms with Crippen molar-refractivity contribution in [2.24, 2.45) is 0 Å². The molecular formula is C14H16IN3O. The molecule has 0 aliphatic rings. The van der Waals surface area contributed by atoms with Gasteiger partial charge in [0.05, 0.1) is 15.6 Å². The first-order valence-electron chi connectivity index (χ1n) is 6.10. The van der Waals surface area contributed by atoms with Crippen molar-refractivity contribution < 1.29 is 0 Å². The van der Waals surface area contributed by atoms with Crippen molar-refractivity contribution in [3.8, 4) is 0 Å². The van der Waals surface area contributed by atoms with Gasteiger partial charge in [-0.05, 0) is 48.1 Å². The first-order valence-corrected chi connectivity index (χ1v) is 7.18. The van der Waals surface area contributed by atoms with Gasteiger partial charge in [-0.1, -0.05) is 18.2 Å². The first kappa shape index (κ1) is 14.0. The van der Waals surface area contributed by atoms with Crippen molar-refractivity contribution in [2.45, 2.75) is 20.4 Å². The molecule has 4 nitrogen and oxygen atoms in total. The lowest BCUT2D eigenvalue weighted by Gasteiger charge is -2.11. The zero-order valence-electron chi connectivity index (χ0n) is 11.0. The Bertz CT molecular complexity index is 637. The van der Waals surface area contributed by atoms with Crippen LogP contribution in [0.3, 0.4) is 0 Å². The molecule has 19 heavy (non-hydrogen) atoms. The third-order valence-corrected chi connectivity index (χ3v) is 4.21. The monoisotopic (exact) mass is 369 g/mol. The fourth-order valence-corrected chi connectivity index (χ4v) is 2.24. The lowest BCUT2D eigenvalue weighted by atomic mass is 10.2. The number of aryl methyl sites for hydroxylation is 2. The topological polar surface area (TPSA) is 46.9 Å². The molecule has 0 atom stereocenters. The summed E-state index contributed by atoms with van der Waals surface area (Å²) >= 11 is 2.05. The number of hydrogen-bond donors (Lipinski definition) is 1. The summed E-state index contributed by atoms with van der Waals surface area (Å²) in [6.45, 7) is 5.21. The van der Waals surface area contributed by atoms with Crippen molar-refractivity contribution in [1.29, 1.82) is 0 Å². The number of hydrogen-bond acceptors (Lipinski definition) is 3. The average Bonchev–Trinajstić information content (AvgIpc) is 2.41. The number of anilines is 1. The van der Waals surface area contributed by atoms with E-state index in [1.807, 2.05) is 47.7 Å². The molecule has 0 saturated carbocycles. The van der Waals surface area contributed by atoms with Gasteiger partial charge in [0.2, 0.25) is 0 Å². The van der Waals surface area contributed by atoms with E-state index < -0.39 is 0 Å². The van der Waals surface area contributed by atoms with Crippen LogP contribution in [0.5, 0.6) is 0 Å². The Morgan fingerprint density at radius 1 is 1.32 bits per heavy atom. The minimum absolute atomic E-state index is 0.0275. The summed E-state index contributed by atoms with van der Waals surface area (Å²) in [5.41, 5.74) is 3.12. The van der Waals surface area contributed by atoms with Crippen LogP contribution in [0.1, 0.15) is 11.3 Å². The van der Waals surface area contributed by atoms with Crippen LogP contribution in [0.25, 0.3) is 0 Å². The normalized spacial score (nSPS) is 10.5. The van der Waals surface area contributed by atoms with Crippen LogP contribution in [0.2, 0.25) is 0 Å². The molecule has 1 N–H and O–H groups in total. The van der Waals surface area contributed by atoms with E-state index in [9.17, 15) is 4.79 Å². The van der Waals surface area contributed by atoms with E-state index in [1.165, 1.54) is 5.56 Å². The van der Waals surface area contributed by atoms with Gasteiger partial charge in [0.25, 0.3) is 5.56 Å². The molecule has 5 heteroatoms. The zero-order chi connectivity index (χ0) is 13.8. The Morgan fingerprint density at radius 3 is 2.79 bits per heavy atom. The molecule has 2 rings (SSSR count). The molecule has 0 bridgehead atoms. The molecule has 1 aromatic carbocycles. The van der Waals surface area contributed by atoms with Gasteiger partial charge in [0.15, 0.2) is 0 Å². The average molecular weight is 369 g/mol. The largest absolute Gasteiger partial charge is 0.383 e. The smallest absolute Gasteiger partial charge is 0.267 e. The SMILES string of the molecule is Cc1ccccc1NCCn1cnc(C)c(I)c1=O.